The van der Waals surface area contributed by atoms with Crippen molar-refractivity contribution in [3.05, 3.63) is 54.6 Å². The van der Waals surface area contributed by atoms with Gasteiger partial charge in [0.05, 0.1) is 0 Å². The fourth-order valence-corrected chi connectivity index (χ4v) is 3.31. The number of phenolic OH excluding ortho intramolecular Hbond substituents is 1. The van der Waals surface area contributed by atoms with Crippen LogP contribution in [0.4, 0.5) is 0 Å². The smallest absolute Gasteiger partial charge is 0.177 e. The number of furan rings is 1. The maximum Gasteiger partial charge on any atom is 0.177 e. The number of phenols is 1. The van der Waals surface area contributed by atoms with Gasteiger partial charge in [-0.1, -0.05) is 36.4 Å². The molecule has 0 spiro atoms. The van der Waals surface area contributed by atoms with Crippen LogP contribution in [0.5, 0.6) is 5.75 Å². The minimum Gasteiger partial charge on any atom is -0.504 e. The van der Waals surface area contributed by atoms with E-state index in [1.165, 1.54) is 16.2 Å². The van der Waals surface area contributed by atoms with Crippen molar-refractivity contribution in [1.82, 2.24) is 0 Å². The lowest BCUT2D eigenvalue weighted by Crippen LogP contribution is -1.81. The number of fused-ring (bicyclic) bond motifs is 3. The van der Waals surface area contributed by atoms with E-state index in [4.69, 9.17) is 4.42 Å². The molecule has 0 aliphatic carbocycles. The van der Waals surface area contributed by atoms with Gasteiger partial charge in [0, 0.05) is 10.8 Å². The second-order valence-electron chi connectivity index (χ2n) is 5.16. The van der Waals surface area contributed by atoms with E-state index in [0.717, 1.165) is 21.7 Å². The van der Waals surface area contributed by atoms with Crippen LogP contribution in [0.1, 0.15) is 0 Å². The Morgan fingerprint density at radius 1 is 0.650 bits per heavy atom. The number of hydrogen-bond acceptors (Lipinski definition) is 2. The Morgan fingerprint density at radius 3 is 2.15 bits per heavy atom. The second-order valence-corrected chi connectivity index (χ2v) is 5.16. The first kappa shape index (κ1) is 10.1. The first-order valence-electron chi connectivity index (χ1n) is 6.61. The molecule has 2 nitrogen and oxygen atoms in total. The van der Waals surface area contributed by atoms with Gasteiger partial charge in [-0.3, -0.25) is 0 Å². The molecule has 1 aromatic heterocycles. The van der Waals surface area contributed by atoms with Crippen molar-refractivity contribution in [2.45, 2.75) is 0 Å². The molecule has 0 bridgehead atoms. The van der Waals surface area contributed by atoms with E-state index in [9.17, 15) is 5.11 Å². The van der Waals surface area contributed by atoms with Gasteiger partial charge >= 0.3 is 0 Å². The molecule has 0 atom stereocenters. The van der Waals surface area contributed by atoms with E-state index in [-0.39, 0.29) is 5.75 Å². The summed E-state index contributed by atoms with van der Waals surface area (Å²) < 4.78 is 5.87. The molecule has 4 aromatic carbocycles. The van der Waals surface area contributed by atoms with E-state index in [1.807, 2.05) is 24.3 Å². The Hall–Kier alpha value is -2.74. The van der Waals surface area contributed by atoms with Crippen molar-refractivity contribution in [3.63, 3.8) is 0 Å². The Kier molecular flexibility index (Phi) is 1.63. The number of benzene rings is 4. The van der Waals surface area contributed by atoms with Gasteiger partial charge in [0.15, 0.2) is 11.3 Å². The molecule has 0 saturated carbocycles. The Morgan fingerprint density at radius 2 is 1.35 bits per heavy atom. The predicted molar refractivity (Wildman–Crippen MR) is 81.6 cm³/mol. The van der Waals surface area contributed by atoms with Crippen molar-refractivity contribution in [1.29, 1.82) is 0 Å². The lowest BCUT2D eigenvalue weighted by molar-refractivity contribution is 0.469. The van der Waals surface area contributed by atoms with Gasteiger partial charge in [-0.05, 0) is 39.7 Å². The highest BCUT2D eigenvalue weighted by Gasteiger charge is 2.18. The van der Waals surface area contributed by atoms with Gasteiger partial charge in [0.25, 0.3) is 0 Å². The van der Waals surface area contributed by atoms with Gasteiger partial charge in [-0.2, -0.15) is 0 Å². The highest BCUT2D eigenvalue weighted by molar-refractivity contribution is 6.33. The third-order valence-corrected chi connectivity index (χ3v) is 4.13. The van der Waals surface area contributed by atoms with E-state index >= 15 is 0 Å². The Labute approximate surface area is 114 Å². The second kappa shape index (κ2) is 3.23. The van der Waals surface area contributed by atoms with E-state index in [1.54, 1.807) is 6.07 Å². The molecule has 1 N–H and O–H groups in total. The maximum absolute atomic E-state index is 10.1. The number of hydrogen-bond donors (Lipinski definition) is 1. The molecule has 0 amide bonds. The average molecular weight is 258 g/mol. The fraction of sp³-hybridized carbons (Fsp3) is 0. The van der Waals surface area contributed by atoms with Crippen LogP contribution in [0.2, 0.25) is 0 Å². The maximum atomic E-state index is 10.1. The first-order valence-corrected chi connectivity index (χ1v) is 6.61. The van der Waals surface area contributed by atoms with Crippen LogP contribution in [0.3, 0.4) is 0 Å². The molecule has 0 aliphatic heterocycles. The standard InChI is InChI=1S/C18H10O2/c19-14-9-8-13-11-5-2-1-4-10(11)12-6-3-7-15-16(12)17(13)18(14)20-15/h1-9,19H. The van der Waals surface area contributed by atoms with Crippen LogP contribution < -0.4 is 0 Å². The molecule has 0 aliphatic rings. The topological polar surface area (TPSA) is 33.4 Å². The van der Waals surface area contributed by atoms with Crippen molar-refractivity contribution in [2.24, 2.45) is 0 Å². The highest BCUT2D eigenvalue weighted by Crippen LogP contribution is 2.44. The first-order chi connectivity index (χ1) is 9.84. The molecule has 20 heavy (non-hydrogen) atoms. The van der Waals surface area contributed by atoms with Crippen LogP contribution in [0, 0.1) is 0 Å². The molecular formula is C18H10O2. The van der Waals surface area contributed by atoms with Crippen LogP contribution in [-0.4, -0.2) is 5.11 Å². The van der Waals surface area contributed by atoms with Gasteiger partial charge in [-0.15, -0.1) is 0 Å². The summed E-state index contributed by atoms with van der Waals surface area (Å²) >= 11 is 0. The van der Waals surface area contributed by atoms with Crippen LogP contribution in [-0.2, 0) is 0 Å². The third kappa shape index (κ3) is 1.02. The molecule has 0 radical (unpaired) electrons. The SMILES string of the molecule is Oc1ccc2c3ccccc3c3cccc4oc1c2c43. The Balaban J connectivity index is 2.32. The van der Waals surface area contributed by atoms with Crippen LogP contribution >= 0.6 is 0 Å². The quantitative estimate of drug-likeness (QED) is 0.395. The van der Waals surface area contributed by atoms with Gasteiger partial charge in [-0.25, -0.2) is 0 Å². The van der Waals surface area contributed by atoms with Crippen molar-refractivity contribution in [2.75, 3.05) is 0 Å². The number of aromatic hydroxyl groups is 1. The normalized spacial score (nSPS) is 12.2. The van der Waals surface area contributed by atoms with Gasteiger partial charge < -0.3 is 9.52 Å². The van der Waals surface area contributed by atoms with E-state index in [0.29, 0.717) is 5.58 Å². The minimum atomic E-state index is 0.199. The zero-order chi connectivity index (χ0) is 13.3. The summed E-state index contributed by atoms with van der Waals surface area (Å²) in [5.74, 6) is 0.199. The fourth-order valence-electron chi connectivity index (χ4n) is 3.31. The summed E-state index contributed by atoms with van der Waals surface area (Å²) in [5.41, 5.74) is 1.41. The molecule has 0 fully saturated rings. The summed E-state index contributed by atoms with van der Waals surface area (Å²) in [5, 5.41) is 16.9. The molecule has 5 aromatic rings. The zero-order valence-corrected chi connectivity index (χ0v) is 10.6. The lowest BCUT2D eigenvalue weighted by atomic mass is 9.94. The molecule has 94 valence electrons. The summed E-state index contributed by atoms with van der Waals surface area (Å²) in [6, 6.07) is 18.1. The van der Waals surface area contributed by atoms with Gasteiger partial charge in [0.1, 0.15) is 5.58 Å². The summed E-state index contributed by atoms with van der Waals surface area (Å²) in [7, 11) is 0. The summed E-state index contributed by atoms with van der Waals surface area (Å²) in [6.07, 6.45) is 0. The number of rotatable bonds is 0. The monoisotopic (exact) mass is 258 g/mol. The third-order valence-electron chi connectivity index (χ3n) is 4.13. The summed E-state index contributed by atoms with van der Waals surface area (Å²) in [4.78, 5) is 0. The molecule has 0 saturated heterocycles. The largest absolute Gasteiger partial charge is 0.504 e. The molecule has 0 unspecified atom stereocenters. The van der Waals surface area contributed by atoms with Crippen LogP contribution in [0.25, 0.3) is 43.5 Å². The predicted octanol–water partition coefficient (Wildman–Crippen LogP) is 5.04. The van der Waals surface area contributed by atoms with Crippen molar-refractivity contribution in [3.8, 4) is 5.75 Å². The molecule has 2 heteroatoms. The lowest BCUT2D eigenvalue weighted by Gasteiger charge is -2.07. The zero-order valence-electron chi connectivity index (χ0n) is 10.6. The van der Waals surface area contributed by atoms with Gasteiger partial charge in [0.2, 0.25) is 0 Å². The molecule has 1 heterocycles. The van der Waals surface area contributed by atoms with Crippen molar-refractivity contribution >= 4 is 43.5 Å². The molecular weight excluding hydrogens is 248 g/mol. The highest BCUT2D eigenvalue weighted by atomic mass is 16.4. The van der Waals surface area contributed by atoms with Crippen LogP contribution in [0.15, 0.2) is 59.0 Å². The summed E-state index contributed by atoms with van der Waals surface area (Å²) in [6.45, 7) is 0. The van der Waals surface area contributed by atoms with E-state index in [2.05, 4.69) is 24.3 Å². The minimum absolute atomic E-state index is 0.199. The Bertz CT molecular complexity index is 1100. The van der Waals surface area contributed by atoms with E-state index < -0.39 is 0 Å². The van der Waals surface area contributed by atoms with Crippen molar-refractivity contribution < 1.29 is 9.52 Å². The molecule has 5 rings (SSSR count). The average Bonchev–Trinajstić information content (AvgIpc) is 2.89.